The first-order valence-corrected chi connectivity index (χ1v) is 5.05. The van der Waals surface area contributed by atoms with E-state index in [4.69, 9.17) is 0 Å². The van der Waals surface area contributed by atoms with Crippen molar-refractivity contribution in [3.8, 4) is 0 Å². The molecule has 1 aromatic rings. The van der Waals surface area contributed by atoms with Crippen molar-refractivity contribution in [1.29, 1.82) is 0 Å². The zero-order valence-corrected chi connectivity index (χ0v) is 12.9. The van der Waals surface area contributed by atoms with E-state index in [2.05, 4.69) is 42.7 Å². The summed E-state index contributed by atoms with van der Waals surface area (Å²) in [6.45, 7) is 11.0. The van der Waals surface area contributed by atoms with Gasteiger partial charge in [-0.1, -0.05) is 30.3 Å². The molecule has 1 aromatic carbocycles. The Labute approximate surface area is 130 Å². The average molecular weight is 422 g/mol. The number of rotatable bonds is 2. The van der Waals surface area contributed by atoms with Crippen LogP contribution < -0.4 is 24.0 Å². The summed E-state index contributed by atoms with van der Waals surface area (Å²) < 4.78 is 0. The number of halogens is 1. The Kier molecular flexibility index (Phi) is 7.75. The third kappa shape index (κ3) is 3.66. The van der Waals surface area contributed by atoms with Gasteiger partial charge in [-0.05, 0) is 24.0 Å². The Morgan fingerprint density at radius 2 is 2.12 bits per heavy atom. The normalized spacial score (nSPS) is 18.9. The van der Waals surface area contributed by atoms with Crippen LogP contribution in [0.2, 0.25) is 0 Å². The molecule has 1 nitrogen and oxygen atoms in total. The summed E-state index contributed by atoms with van der Waals surface area (Å²) in [5, 5.41) is 0. The minimum Gasteiger partial charge on any atom is -1.00 e. The molecule has 1 heterocycles. The summed E-state index contributed by atoms with van der Waals surface area (Å²) in [6.07, 6.45) is 1.96. The SMILES string of the molecule is [CH2][C@@H]1CN(CC=C)Cc2ccccc21.[HH].[I-].[Pd+2]. The molecule has 1 aliphatic rings. The van der Waals surface area contributed by atoms with Gasteiger partial charge in [-0.25, -0.2) is 0 Å². The predicted molar refractivity (Wildman–Crippen MR) is 62.1 cm³/mol. The third-order valence-electron chi connectivity index (χ3n) is 2.75. The van der Waals surface area contributed by atoms with Crippen LogP contribution in [-0.4, -0.2) is 18.0 Å². The Morgan fingerprint density at radius 1 is 1.44 bits per heavy atom. The first-order chi connectivity index (χ1) is 6.81. The molecule has 0 fully saturated rings. The van der Waals surface area contributed by atoms with E-state index in [1.807, 2.05) is 6.08 Å². The molecule has 91 valence electrons. The average Bonchev–Trinajstić information content (AvgIpc) is 2.18. The van der Waals surface area contributed by atoms with Gasteiger partial charge in [-0.15, -0.1) is 6.58 Å². The summed E-state index contributed by atoms with van der Waals surface area (Å²) >= 11 is 0. The quantitative estimate of drug-likeness (QED) is 0.365. The Bertz CT molecular complexity index is 346. The molecule has 2 rings (SSSR count). The maximum Gasteiger partial charge on any atom is 2.00 e. The van der Waals surface area contributed by atoms with Crippen LogP contribution in [-0.2, 0) is 27.0 Å². The third-order valence-corrected chi connectivity index (χ3v) is 2.75. The molecule has 0 amide bonds. The van der Waals surface area contributed by atoms with Crippen LogP contribution in [0, 0.1) is 6.92 Å². The number of hydrogen-bond acceptors (Lipinski definition) is 1. The van der Waals surface area contributed by atoms with Gasteiger partial charge in [0, 0.05) is 21.1 Å². The fraction of sp³-hybridized carbons (Fsp3) is 0.308. The minimum atomic E-state index is 0. The predicted octanol–water partition coefficient (Wildman–Crippen LogP) is -0.147. The molecular formula is C13H18INPd+. The smallest absolute Gasteiger partial charge is 1.00 e. The molecule has 0 saturated heterocycles. The van der Waals surface area contributed by atoms with Crippen LogP contribution in [0.3, 0.4) is 0 Å². The Balaban J connectivity index is 0. The van der Waals surface area contributed by atoms with E-state index in [9.17, 15) is 0 Å². The Hall–Kier alpha value is 0.312. The van der Waals surface area contributed by atoms with Crippen LogP contribution in [0.25, 0.3) is 0 Å². The van der Waals surface area contributed by atoms with Gasteiger partial charge in [0.15, 0.2) is 0 Å². The monoisotopic (exact) mass is 421 g/mol. The number of hydrogen-bond donors (Lipinski definition) is 0. The second-order valence-electron chi connectivity index (χ2n) is 3.88. The van der Waals surface area contributed by atoms with Gasteiger partial charge in [0.2, 0.25) is 0 Å². The zero-order valence-electron chi connectivity index (χ0n) is 9.14. The van der Waals surface area contributed by atoms with Gasteiger partial charge in [0.25, 0.3) is 0 Å². The van der Waals surface area contributed by atoms with E-state index in [1.54, 1.807) is 0 Å². The Morgan fingerprint density at radius 3 is 2.81 bits per heavy atom. The van der Waals surface area contributed by atoms with Gasteiger partial charge in [0.1, 0.15) is 0 Å². The maximum absolute atomic E-state index is 4.20. The molecule has 0 aromatic heterocycles. The molecule has 0 N–H and O–H groups in total. The van der Waals surface area contributed by atoms with Crippen LogP contribution in [0.4, 0.5) is 0 Å². The van der Waals surface area contributed by atoms with Crippen LogP contribution in [0.5, 0.6) is 0 Å². The summed E-state index contributed by atoms with van der Waals surface area (Å²) in [7, 11) is 0. The first-order valence-electron chi connectivity index (χ1n) is 5.05. The van der Waals surface area contributed by atoms with E-state index in [-0.39, 0.29) is 45.8 Å². The molecule has 0 bridgehead atoms. The van der Waals surface area contributed by atoms with Crippen molar-refractivity contribution in [2.75, 3.05) is 13.1 Å². The van der Waals surface area contributed by atoms with Crippen molar-refractivity contribution in [2.45, 2.75) is 12.5 Å². The van der Waals surface area contributed by atoms with Crippen LogP contribution in [0.1, 0.15) is 18.5 Å². The van der Waals surface area contributed by atoms with Gasteiger partial charge in [-0.3, -0.25) is 4.90 Å². The second kappa shape index (κ2) is 7.60. The second-order valence-corrected chi connectivity index (χ2v) is 3.88. The number of benzene rings is 1. The molecule has 0 aliphatic carbocycles. The van der Waals surface area contributed by atoms with Crippen molar-refractivity contribution in [3.63, 3.8) is 0 Å². The fourth-order valence-corrected chi connectivity index (χ4v) is 2.11. The molecule has 0 saturated carbocycles. The summed E-state index contributed by atoms with van der Waals surface area (Å²) in [5.74, 6) is 0.403. The standard InChI is InChI=1S/C13H16N.HI.Pd.H2/c1-3-8-14-9-11(2)13-7-5-4-6-12(13)10-14;;;/h3-7,11H,1-2,8-10H2;1H;;1H/q;;+2;/p-1/t11-;;;/m1.../s1. The summed E-state index contributed by atoms with van der Waals surface area (Å²) in [5.41, 5.74) is 2.83. The van der Waals surface area contributed by atoms with E-state index < -0.39 is 0 Å². The van der Waals surface area contributed by atoms with Crippen molar-refractivity contribution in [3.05, 3.63) is 55.0 Å². The molecule has 0 unspecified atom stereocenters. The first kappa shape index (κ1) is 16.3. The van der Waals surface area contributed by atoms with Gasteiger partial charge >= 0.3 is 20.4 Å². The molecule has 1 atom stereocenters. The van der Waals surface area contributed by atoms with Crippen molar-refractivity contribution < 1.29 is 45.8 Å². The molecular weight excluding hydrogens is 403 g/mol. The molecule has 1 aliphatic heterocycles. The molecule has 1 radical (unpaired) electrons. The van der Waals surface area contributed by atoms with Crippen LogP contribution in [0.15, 0.2) is 36.9 Å². The van der Waals surface area contributed by atoms with E-state index in [0.29, 0.717) is 5.92 Å². The fourth-order valence-electron chi connectivity index (χ4n) is 2.11. The minimum absolute atomic E-state index is 0. The topological polar surface area (TPSA) is 3.24 Å². The van der Waals surface area contributed by atoms with E-state index in [0.717, 1.165) is 19.6 Å². The number of fused-ring (bicyclic) bond motifs is 1. The summed E-state index contributed by atoms with van der Waals surface area (Å²) in [4.78, 5) is 2.38. The largest absolute Gasteiger partial charge is 2.00 e. The van der Waals surface area contributed by atoms with Gasteiger partial charge in [-0.2, -0.15) is 0 Å². The molecule has 3 heteroatoms. The van der Waals surface area contributed by atoms with Crippen LogP contribution >= 0.6 is 0 Å². The van der Waals surface area contributed by atoms with Crippen molar-refractivity contribution in [1.82, 2.24) is 4.90 Å². The van der Waals surface area contributed by atoms with Gasteiger partial charge < -0.3 is 24.0 Å². The van der Waals surface area contributed by atoms with E-state index >= 15 is 0 Å². The maximum atomic E-state index is 4.20. The summed E-state index contributed by atoms with van der Waals surface area (Å²) in [6, 6.07) is 8.59. The molecule has 16 heavy (non-hydrogen) atoms. The van der Waals surface area contributed by atoms with Gasteiger partial charge in [0.05, 0.1) is 0 Å². The number of nitrogens with zero attached hydrogens (tertiary/aromatic N) is 1. The molecule has 0 spiro atoms. The van der Waals surface area contributed by atoms with Crippen molar-refractivity contribution in [2.24, 2.45) is 0 Å². The zero-order chi connectivity index (χ0) is 9.97. The van der Waals surface area contributed by atoms with E-state index in [1.165, 1.54) is 11.1 Å². The van der Waals surface area contributed by atoms with Crippen molar-refractivity contribution >= 4 is 0 Å².